The first-order valence-corrected chi connectivity index (χ1v) is 8.74. The number of carbonyl (C=O) groups excluding carboxylic acids is 1. The number of hydrogen-bond acceptors (Lipinski definition) is 3. The number of nitrogens with zero attached hydrogens (tertiary/aromatic N) is 1. The second kappa shape index (κ2) is 7.70. The molecule has 1 fully saturated rings. The average molecular weight is 333 g/mol. The van der Waals surface area contributed by atoms with Crippen LogP contribution in [0, 0.1) is 5.82 Å². The number of amides is 1. The maximum absolute atomic E-state index is 13.0. The Morgan fingerprint density at radius 2 is 1.96 bits per heavy atom. The van der Waals surface area contributed by atoms with Crippen LogP contribution in [-0.2, 0) is 22.5 Å². The van der Waals surface area contributed by atoms with Gasteiger partial charge in [0.15, 0.2) is 0 Å². The third-order valence-electron chi connectivity index (χ3n) is 4.13. The van der Waals surface area contributed by atoms with Gasteiger partial charge >= 0.3 is 0 Å². The van der Waals surface area contributed by atoms with Crippen molar-refractivity contribution in [2.24, 2.45) is 0 Å². The summed E-state index contributed by atoms with van der Waals surface area (Å²) in [6.07, 6.45) is 2.06. The van der Waals surface area contributed by atoms with Crippen molar-refractivity contribution in [3.05, 3.63) is 58.0 Å². The summed E-state index contributed by atoms with van der Waals surface area (Å²) in [6.45, 7) is 2.05. The summed E-state index contributed by atoms with van der Waals surface area (Å²) >= 11 is 1.67. The molecule has 5 heteroatoms. The number of thiophene rings is 1. The van der Waals surface area contributed by atoms with Gasteiger partial charge in [-0.1, -0.05) is 18.2 Å². The zero-order valence-corrected chi connectivity index (χ0v) is 13.7. The van der Waals surface area contributed by atoms with E-state index in [1.165, 1.54) is 17.0 Å². The number of halogens is 1. The standard InChI is InChI=1S/C18H20FNO2S/c19-15-5-3-14(4-6-15)12-18(21)20(13-17-2-1-11-23-17)16-7-9-22-10-8-16/h1-6,11,16H,7-10,12-13H2. The van der Waals surface area contributed by atoms with Crippen LogP contribution in [0.3, 0.4) is 0 Å². The van der Waals surface area contributed by atoms with Gasteiger partial charge in [0, 0.05) is 24.1 Å². The summed E-state index contributed by atoms with van der Waals surface area (Å²) in [4.78, 5) is 16.0. The lowest BCUT2D eigenvalue weighted by molar-refractivity contribution is -0.135. The molecular weight excluding hydrogens is 313 g/mol. The zero-order valence-electron chi connectivity index (χ0n) is 12.9. The second-order valence-corrected chi connectivity index (χ2v) is 6.78. The highest BCUT2D eigenvalue weighted by molar-refractivity contribution is 7.09. The van der Waals surface area contributed by atoms with Gasteiger partial charge in [-0.25, -0.2) is 4.39 Å². The van der Waals surface area contributed by atoms with Crippen molar-refractivity contribution in [1.82, 2.24) is 4.90 Å². The Kier molecular flexibility index (Phi) is 5.41. The Hall–Kier alpha value is -1.72. The molecule has 23 heavy (non-hydrogen) atoms. The molecule has 0 atom stereocenters. The Morgan fingerprint density at radius 1 is 1.22 bits per heavy atom. The first-order valence-electron chi connectivity index (χ1n) is 7.86. The highest BCUT2D eigenvalue weighted by atomic mass is 32.1. The highest BCUT2D eigenvalue weighted by Gasteiger charge is 2.26. The second-order valence-electron chi connectivity index (χ2n) is 5.75. The van der Waals surface area contributed by atoms with Gasteiger partial charge in [0.05, 0.1) is 13.0 Å². The number of benzene rings is 1. The van der Waals surface area contributed by atoms with Crippen LogP contribution in [0.15, 0.2) is 41.8 Å². The summed E-state index contributed by atoms with van der Waals surface area (Å²) in [5.41, 5.74) is 0.847. The Morgan fingerprint density at radius 3 is 2.61 bits per heavy atom. The van der Waals surface area contributed by atoms with E-state index < -0.39 is 0 Å². The van der Waals surface area contributed by atoms with Crippen LogP contribution in [-0.4, -0.2) is 30.1 Å². The Labute approximate surface area is 139 Å². The highest BCUT2D eigenvalue weighted by Crippen LogP contribution is 2.21. The largest absolute Gasteiger partial charge is 0.381 e. The van der Waals surface area contributed by atoms with E-state index in [1.807, 2.05) is 16.3 Å². The molecule has 0 aliphatic carbocycles. The van der Waals surface area contributed by atoms with Crippen molar-refractivity contribution in [3.63, 3.8) is 0 Å². The van der Waals surface area contributed by atoms with Crippen molar-refractivity contribution >= 4 is 17.2 Å². The smallest absolute Gasteiger partial charge is 0.227 e. The van der Waals surface area contributed by atoms with Crippen molar-refractivity contribution in [2.45, 2.75) is 31.8 Å². The third kappa shape index (κ3) is 4.39. The molecular formula is C18H20FNO2S. The van der Waals surface area contributed by atoms with E-state index in [2.05, 4.69) is 6.07 Å². The van der Waals surface area contributed by atoms with E-state index in [0.29, 0.717) is 26.2 Å². The lowest BCUT2D eigenvalue weighted by Gasteiger charge is -2.34. The maximum Gasteiger partial charge on any atom is 0.227 e. The number of carbonyl (C=O) groups is 1. The van der Waals surface area contributed by atoms with E-state index >= 15 is 0 Å². The van der Waals surface area contributed by atoms with Crippen molar-refractivity contribution in [3.8, 4) is 0 Å². The van der Waals surface area contributed by atoms with Gasteiger partial charge in [0.1, 0.15) is 5.82 Å². The van der Waals surface area contributed by atoms with Gasteiger partial charge in [-0.3, -0.25) is 4.79 Å². The molecule has 0 saturated carbocycles. The lowest BCUT2D eigenvalue weighted by Crippen LogP contribution is -2.43. The first kappa shape index (κ1) is 16.1. The zero-order chi connectivity index (χ0) is 16.1. The first-order chi connectivity index (χ1) is 11.2. The molecule has 1 aromatic heterocycles. The molecule has 3 nitrogen and oxygen atoms in total. The predicted octanol–water partition coefficient (Wildman–Crippen LogP) is 3.64. The van der Waals surface area contributed by atoms with Crippen molar-refractivity contribution in [2.75, 3.05) is 13.2 Å². The van der Waals surface area contributed by atoms with Crippen LogP contribution in [0.25, 0.3) is 0 Å². The number of hydrogen-bond donors (Lipinski definition) is 0. The number of ether oxygens (including phenoxy) is 1. The summed E-state index contributed by atoms with van der Waals surface area (Å²) in [6, 6.07) is 10.5. The minimum absolute atomic E-state index is 0.0944. The van der Waals surface area contributed by atoms with Gasteiger partial charge in [-0.15, -0.1) is 11.3 Å². The van der Waals surface area contributed by atoms with Gasteiger partial charge in [-0.2, -0.15) is 0 Å². The van der Waals surface area contributed by atoms with Gasteiger partial charge in [-0.05, 0) is 42.0 Å². The van der Waals surface area contributed by atoms with E-state index in [-0.39, 0.29) is 17.8 Å². The molecule has 1 aromatic carbocycles. The molecule has 2 aromatic rings. The van der Waals surface area contributed by atoms with E-state index in [0.717, 1.165) is 18.4 Å². The fourth-order valence-electron chi connectivity index (χ4n) is 2.87. The van der Waals surface area contributed by atoms with Gasteiger partial charge in [0.2, 0.25) is 5.91 Å². The summed E-state index contributed by atoms with van der Waals surface area (Å²) in [7, 11) is 0. The molecule has 122 valence electrons. The molecule has 1 aliphatic rings. The minimum atomic E-state index is -0.277. The lowest BCUT2D eigenvalue weighted by atomic mass is 10.0. The van der Waals surface area contributed by atoms with Crippen LogP contribution < -0.4 is 0 Å². The number of rotatable bonds is 5. The van der Waals surface area contributed by atoms with Crippen LogP contribution in [0.2, 0.25) is 0 Å². The topological polar surface area (TPSA) is 29.5 Å². The normalized spacial score (nSPS) is 15.5. The summed E-state index contributed by atoms with van der Waals surface area (Å²) in [5, 5.41) is 2.03. The van der Waals surface area contributed by atoms with Crippen LogP contribution >= 0.6 is 11.3 Å². The maximum atomic E-state index is 13.0. The van der Waals surface area contributed by atoms with Gasteiger partial charge < -0.3 is 9.64 Å². The van der Waals surface area contributed by atoms with Crippen LogP contribution in [0.1, 0.15) is 23.3 Å². The molecule has 0 radical (unpaired) electrons. The molecule has 3 rings (SSSR count). The molecule has 0 spiro atoms. The average Bonchev–Trinajstić information content (AvgIpc) is 3.09. The molecule has 1 saturated heterocycles. The van der Waals surface area contributed by atoms with E-state index in [4.69, 9.17) is 4.74 Å². The molecule has 1 aliphatic heterocycles. The summed E-state index contributed by atoms with van der Waals surface area (Å²) < 4.78 is 18.4. The van der Waals surface area contributed by atoms with Gasteiger partial charge in [0.25, 0.3) is 0 Å². The van der Waals surface area contributed by atoms with E-state index in [9.17, 15) is 9.18 Å². The fraction of sp³-hybridized carbons (Fsp3) is 0.389. The molecule has 0 bridgehead atoms. The molecule has 1 amide bonds. The SMILES string of the molecule is O=C(Cc1ccc(F)cc1)N(Cc1cccs1)C1CCOCC1. The van der Waals surface area contributed by atoms with E-state index in [1.54, 1.807) is 23.5 Å². The monoisotopic (exact) mass is 333 g/mol. The minimum Gasteiger partial charge on any atom is -0.381 e. The third-order valence-corrected chi connectivity index (χ3v) is 4.99. The summed E-state index contributed by atoms with van der Waals surface area (Å²) in [5.74, 6) is -0.182. The molecule has 0 N–H and O–H groups in total. The fourth-order valence-corrected chi connectivity index (χ4v) is 3.57. The predicted molar refractivity (Wildman–Crippen MR) is 88.8 cm³/mol. The van der Waals surface area contributed by atoms with Crippen molar-refractivity contribution < 1.29 is 13.9 Å². The van der Waals surface area contributed by atoms with Crippen molar-refractivity contribution in [1.29, 1.82) is 0 Å². The Balaban J connectivity index is 1.72. The molecule has 0 unspecified atom stereocenters. The molecule has 2 heterocycles. The quantitative estimate of drug-likeness (QED) is 0.836. The van der Waals surface area contributed by atoms with Crippen LogP contribution in [0.5, 0.6) is 0 Å². The Bertz CT molecular complexity index is 621. The van der Waals surface area contributed by atoms with Crippen LogP contribution in [0.4, 0.5) is 4.39 Å².